The molecule has 1 unspecified atom stereocenters. The van der Waals surface area contributed by atoms with E-state index in [4.69, 9.17) is 33.5 Å². The van der Waals surface area contributed by atoms with Gasteiger partial charge < -0.3 is 10.3 Å². The molecule has 1 heterocycles. The summed E-state index contributed by atoms with van der Waals surface area (Å²) < 4.78 is 19.8. The molecule has 3 aromatic rings. The molecule has 0 fully saturated rings. The van der Waals surface area contributed by atoms with E-state index >= 15 is 0 Å². The third-order valence-corrected chi connectivity index (χ3v) is 4.81. The van der Waals surface area contributed by atoms with E-state index in [0.29, 0.717) is 27.6 Å². The maximum atomic E-state index is 14.8. The first kappa shape index (κ1) is 22.5. The van der Waals surface area contributed by atoms with Crippen LogP contribution in [0.15, 0.2) is 39.8 Å². The zero-order chi connectivity index (χ0) is 22.7. The Morgan fingerprint density at radius 3 is 2.61 bits per heavy atom. The Balaban J connectivity index is 1.98. The summed E-state index contributed by atoms with van der Waals surface area (Å²) in [5.41, 5.74) is 12.5. The number of halogens is 3. The largest absolute Gasteiger partial charge is 0.369 e. The number of aromatic nitrogens is 2. The molecule has 0 aliphatic carbocycles. The number of guanidine groups is 1. The van der Waals surface area contributed by atoms with Gasteiger partial charge in [0, 0.05) is 23.9 Å². The van der Waals surface area contributed by atoms with Gasteiger partial charge in [0.1, 0.15) is 5.82 Å². The minimum Gasteiger partial charge on any atom is -0.369 e. The molecule has 1 atom stereocenters. The summed E-state index contributed by atoms with van der Waals surface area (Å²) in [6.45, 7) is 4.74. The fraction of sp³-hybridized carbons (Fsp3) is 0.200. The van der Waals surface area contributed by atoms with Crippen molar-refractivity contribution in [1.29, 1.82) is 0 Å². The van der Waals surface area contributed by atoms with Crippen molar-refractivity contribution in [3.05, 3.63) is 57.6 Å². The number of amides is 1. The van der Waals surface area contributed by atoms with Gasteiger partial charge in [-0.25, -0.2) is 9.38 Å². The van der Waals surface area contributed by atoms with Crippen molar-refractivity contribution < 1.29 is 13.7 Å². The summed E-state index contributed by atoms with van der Waals surface area (Å²) in [5.74, 6) is -0.458. The van der Waals surface area contributed by atoms with Gasteiger partial charge in [-0.15, -0.1) is 0 Å². The van der Waals surface area contributed by atoms with Crippen molar-refractivity contribution in [3.63, 3.8) is 0 Å². The van der Waals surface area contributed by atoms with E-state index < -0.39 is 11.9 Å². The van der Waals surface area contributed by atoms with Gasteiger partial charge in [0.2, 0.25) is 23.6 Å². The summed E-state index contributed by atoms with van der Waals surface area (Å²) in [6, 6.07) is 7.55. The smallest absolute Gasteiger partial charge is 0.235 e. The van der Waals surface area contributed by atoms with E-state index in [1.807, 2.05) is 0 Å². The molecule has 2 aromatic carbocycles. The van der Waals surface area contributed by atoms with Crippen LogP contribution >= 0.6 is 23.2 Å². The Morgan fingerprint density at radius 1 is 1.26 bits per heavy atom. The summed E-state index contributed by atoms with van der Waals surface area (Å²) in [4.78, 5) is 19.3. The number of aliphatic imine (C=N–C) groups is 1. The second kappa shape index (κ2) is 9.32. The van der Waals surface area contributed by atoms with Gasteiger partial charge in [-0.1, -0.05) is 40.5 Å². The van der Waals surface area contributed by atoms with Gasteiger partial charge in [-0.05, 0) is 41.8 Å². The number of nitrogens with zero attached hydrogens (tertiary/aromatic N) is 3. The molecule has 4 N–H and O–H groups in total. The maximum absolute atomic E-state index is 14.8. The fourth-order valence-electron chi connectivity index (χ4n) is 2.93. The lowest BCUT2D eigenvalue weighted by molar-refractivity contribution is -0.119. The fourth-order valence-corrected chi connectivity index (χ4v) is 3.47. The summed E-state index contributed by atoms with van der Waals surface area (Å²) >= 11 is 12.6. The van der Waals surface area contributed by atoms with E-state index in [2.05, 4.69) is 26.0 Å². The zero-order valence-electron chi connectivity index (χ0n) is 16.8. The number of rotatable bonds is 4. The number of carbonyl (C=O) groups excluding carboxylic acids is 1. The molecule has 0 saturated carbocycles. The lowest BCUT2D eigenvalue weighted by atomic mass is 9.96. The maximum Gasteiger partial charge on any atom is 0.235 e. The molecule has 1 amide bonds. The first-order valence-electron chi connectivity index (χ1n) is 9.11. The topological polar surface area (TPSA) is 118 Å². The minimum atomic E-state index is -0.585. The van der Waals surface area contributed by atoms with Crippen molar-refractivity contribution in [2.45, 2.75) is 26.8 Å². The molecule has 0 aliphatic heterocycles. The Morgan fingerprint density at radius 2 is 2.00 bits per heavy atom. The second-order valence-electron chi connectivity index (χ2n) is 6.68. The molecule has 1 aromatic heterocycles. The number of aryl methyl sites for hydroxylation is 1. The number of carbonyl (C=O) groups is 1. The number of nitrogens with two attached hydrogens (primary N) is 1. The molecule has 0 bridgehead atoms. The van der Waals surface area contributed by atoms with Crippen LogP contribution in [0, 0.1) is 12.7 Å². The zero-order valence-corrected chi connectivity index (χ0v) is 18.3. The molecule has 0 spiro atoms. The molecular weight excluding hydrogens is 446 g/mol. The van der Waals surface area contributed by atoms with Crippen LogP contribution in [0.25, 0.3) is 22.5 Å². The Kier molecular flexibility index (Phi) is 6.77. The van der Waals surface area contributed by atoms with Crippen LogP contribution in [-0.4, -0.2) is 22.0 Å². The van der Waals surface area contributed by atoms with Gasteiger partial charge in [-0.2, -0.15) is 4.98 Å². The molecule has 0 radical (unpaired) electrons. The number of nitrogens with one attached hydrogen (secondary N) is 2. The molecule has 3 rings (SSSR count). The molecule has 0 saturated heterocycles. The average Bonchev–Trinajstić information content (AvgIpc) is 3.11. The Hall–Kier alpha value is -3.17. The summed E-state index contributed by atoms with van der Waals surface area (Å²) in [6.07, 6.45) is 0. The van der Waals surface area contributed by atoms with Crippen molar-refractivity contribution in [1.82, 2.24) is 21.0 Å². The van der Waals surface area contributed by atoms with E-state index in [1.165, 1.54) is 13.0 Å². The third kappa shape index (κ3) is 5.31. The number of hydrogen-bond donors (Lipinski definition) is 3. The standard InChI is InChI=1S/C20H19Cl2FN6O2/c1-9(25-20(24)28-27-10(2)30)14-5-4-12(6-16(14)22)15-7-13(21)8-17(23)18(15)19-26-11(3)31-29-19/h4-9H,1-3H3,(H,27,30)(H3,24,25,28). The number of hydrogen-bond acceptors (Lipinski definition) is 5. The van der Waals surface area contributed by atoms with Crippen molar-refractivity contribution in [2.75, 3.05) is 0 Å². The van der Waals surface area contributed by atoms with Crippen LogP contribution in [-0.2, 0) is 4.79 Å². The minimum absolute atomic E-state index is 0.0227. The van der Waals surface area contributed by atoms with Crippen LogP contribution in [0.3, 0.4) is 0 Å². The van der Waals surface area contributed by atoms with E-state index in [9.17, 15) is 9.18 Å². The molecule has 8 nitrogen and oxygen atoms in total. The first-order valence-corrected chi connectivity index (χ1v) is 9.86. The predicted octanol–water partition coefficient (Wildman–Crippen LogP) is 4.17. The highest BCUT2D eigenvalue weighted by molar-refractivity contribution is 6.32. The van der Waals surface area contributed by atoms with Gasteiger partial charge in [0.25, 0.3) is 0 Å². The number of benzene rings is 2. The Labute approximate surface area is 187 Å². The van der Waals surface area contributed by atoms with Gasteiger partial charge >= 0.3 is 0 Å². The molecule has 162 valence electrons. The van der Waals surface area contributed by atoms with Crippen LogP contribution in [0.2, 0.25) is 10.0 Å². The van der Waals surface area contributed by atoms with E-state index in [1.54, 1.807) is 38.1 Å². The lowest BCUT2D eigenvalue weighted by Gasteiger charge is -2.14. The second-order valence-corrected chi connectivity index (χ2v) is 7.52. The summed E-state index contributed by atoms with van der Waals surface area (Å²) in [5, 5.41) is 4.42. The third-order valence-electron chi connectivity index (χ3n) is 4.27. The van der Waals surface area contributed by atoms with E-state index in [0.717, 1.165) is 0 Å². The Bertz CT molecular complexity index is 1160. The van der Waals surface area contributed by atoms with Gasteiger partial charge in [0.15, 0.2) is 0 Å². The van der Waals surface area contributed by atoms with Gasteiger partial charge in [-0.3, -0.25) is 15.6 Å². The quantitative estimate of drug-likeness (QED) is 0.302. The average molecular weight is 465 g/mol. The van der Waals surface area contributed by atoms with Crippen LogP contribution in [0.1, 0.15) is 31.3 Å². The normalized spacial score (nSPS) is 12.5. The molecule has 11 heteroatoms. The van der Waals surface area contributed by atoms with Crippen LogP contribution in [0.4, 0.5) is 4.39 Å². The SMILES string of the molecule is CC(=O)NNC(N)=NC(C)c1ccc(-c2cc(Cl)cc(F)c2-c2noc(C)n2)cc1Cl. The van der Waals surface area contributed by atoms with Crippen LogP contribution < -0.4 is 16.6 Å². The van der Waals surface area contributed by atoms with Crippen molar-refractivity contribution >= 4 is 35.1 Å². The van der Waals surface area contributed by atoms with Crippen LogP contribution in [0.5, 0.6) is 0 Å². The lowest BCUT2D eigenvalue weighted by Crippen LogP contribution is -2.44. The highest BCUT2D eigenvalue weighted by Gasteiger charge is 2.20. The number of hydrazine groups is 1. The highest BCUT2D eigenvalue weighted by Crippen LogP contribution is 2.38. The van der Waals surface area contributed by atoms with Gasteiger partial charge in [0.05, 0.1) is 11.6 Å². The monoisotopic (exact) mass is 464 g/mol. The molecular formula is C20H19Cl2FN6O2. The highest BCUT2D eigenvalue weighted by atomic mass is 35.5. The van der Waals surface area contributed by atoms with Crippen molar-refractivity contribution in [3.8, 4) is 22.5 Å². The molecule has 31 heavy (non-hydrogen) atoms. The van der Waals surface area contributed by atoms with E-state index in [-0.39, 0.29) is 28.3 Å². The molecule has 0 aliphatic rings. The predicted molar refractivity (Wildman–Crippen MR) is 117 cm³/mol. The summed E-state index contributed by atoms with van der Waals surface area (Å²) in [7, 11) is 0. The van der Waals surface area contributed by atoms with Crippen molar-refractivity contribution in [2.24, 2.45) is 10.7 Å². The first-order chi connectivity index (χ1) is 14.7.